The molecule has 0 aromatic carbocycles. The number of halogens is 1. The maximum absolute atomic E-state index is 5.82. The fourth-order valence-corrected chi connectivity index (χ4v) is 2.87. The summed E-state index contributed by atoms with van der Waals surface area (Å²) in [7, 11) is 0. The van der Waals surface area contributed by atoms with Gasteiger partial charge in [-0.25, -0.2) is 4.98 Å². The second-order valence-electron chi connectivity index (χ2n) is 3.65. The topological polar surface area (TPSA) is 50.9 Å². The second kappa shape index (κ2) is 4.94. The molecule has 1 unspecified atom stereocenters. The monoisotopic (exact) mass is 243 g/mol. The molecule has 1 atom stereocenters. The highest BCUT2D eigenvalue weighted by Gasteiger charge is 2.14. The summed E-state index contributed by atoms with van der Waals surface area (Å²) in [6.45, 7) is 0. The molecule has 1 aromatic rings. The van der Waals surface area contributed by atoms with Crippen molar-refractivity contribution >= 4 is 34.7 Å². The van der Waals surface area contributed by atoms with E-state index >= 15 is 0 Å². The fourth-order valence-electron chi connectivity index (χ4n) is 1.64. The van der Waals surface area contributed by atoms with E-state index in [1.807, 2.05) is 11.8 Å². The molecule has 0 radical (unpaired) electrons. The summed E-state index contributed by atoms with van der Waals surface area (Å²) in [6.07, 6.45) is 4.06. The Morgan fingerprint density at radius 3 is 3.20 bits per heavy atom. The van der Waals surface area contributed by atoms with Gasteiger partial charge in [0.2, 0.25) is 0 Å². The zero-order valence-corrected chi connectivity index (χ0v) is 9.94. The summed E-state index contributed by atoms with van der Waals surface area (Å²) in [6, 6.07) is 2.29. The molecule has 1 aliphatic rings. The van der Waals surface area contributed by atoms with Crippen LogP contribution in [0.5, 0.6) is 0 Å². The van der Waals surface area contributed by atoms with Crippen molar-refractivity contribution in [2.75, 3.05) is 22.6 Å². The van der Waals surface area contributed by atoms with Gasteiger partial charge in [-0.2, -0.15) is 11.8 Å². The third kappa shape index (κ3) is 2.92. The Kier molecular flexibility index (Phi) is 3.59. The number of hydrogen-bond acceptors (Lipinski definition) is 4. The van der Waals surface area contributed by atoms with Crippen molar-refractivity contribution in [2.45, 2.75) is 18.9 Å². The van der Waals surface area contributed by atoms with Gasteiger partial charge in [0.25, 0.3) is 0 Å². The number of nitrogens with zero attached hydrogens (tertiary/aromatic N) is 1. The summed E-state index contributed by atoms with van der Waals surface area (Å²) in [5.41, 5.74) is 7.38. The molecular weight excluding hydrogens is 230 g/mol. The van der Waals surface area contributed by atoms with Crippen molar-refractivity contribution in [3.8, 4) is 0 Å². The molecule has 5 heteroatoms. The van der Waals surface area contributed by atoms with Crippen LogP contribution in [0.3, 0.4) is 0 Å². The Morgan fingerprint density at radius 2 is 2.47 bits per heavy atom. The number of pyridine rings is 1. The van der Waals surface area contributed by atoms with Crippen molar-refractivity contribution in [2.24, 2.45) is 0 Å². The van der Waals surface area contributed by atoms with Gasteiger partial charge in [-0.15, -0.1) is 0 Å². The van der Waals surface area contributed by atoms with Crippen LogP contribution in [0.1, 0.15) is 12.8 Å². The number of rotatable bonds is 2. The molecule has 2 heterocycles. The van der Waals surface area contributed by atoms with Crippen molar-refractivity contribution < 1.29 is 0 Å². The number of nitrogens with two attached hydrogens (primary N) is 1. The standard InChI is InChI=1S/C10H14ClN3S/c11-10-4-9(8(12)5-13-10)14-7-2-1-3-15-6-7/h4-5,7H,1-3,6,12H2,(H,13,14). The SMILES string of the molecule is Nc1cnc(Cl)cc1NC1CCCSC1. The van der Waals surface area contributed by atoms with Crippen molar-refractivity contribution in [3.05, 3.63) is 17.4 Å². The van der Waals surface area contributed by atoms with E-state index in [1.165, 1.54) is 18.6 Å². The number of thioether (sulfide) groups is 1. The van der Waals surface area contributed by atoms with E-state index < -0.39 is 0 Å². The first-order valence-corrected chi connectivity index (χ1v) is 6.54. The van der Waals surface area contributed by atoms with Gasteiger partial charge < -0.3 is 11.1 Å². The molecule has 0 bridgehead atoms. The minimum absolute atomic E-state index is 0.482. The van der Waals surface area contributed by atoms with Crippen LogP contribution in [0.4, 0.5) is 11.4 Å². The molecule has 3 nitrogen and oxygen atoms in total. The predicted octanol–water partition coefficient (Wildman–Crippen LogP) is 2.62. The van der Waals surface area contributed by atoms with Crippen LogP contribution in [0, 0.1) is 0 Å². The minimum Gasteiger partial charge on any atom is -0.396 e. The van der Waals surface area contributed by atoms with Gasteiger partial charge in [-0.3, -0.25) is 0 Å². The van der Waals surface area contributed by atoms with Crippen LogP contribution >= 0.6 is 23.4 Å². The summed E-state index contributed by atoms with van der Waals surface area (Å²) >= 11 is 7.80. The Balaban J connectivity index is 2.05. The van der Waals surface area contributed by atoms with Crippen LogP contribution in [0.25, 0.3) is 0 Å². The Labute approximate surface area is 98.8 Å². The van der Waals surface area contributed by atoms with Crippen LogP contribution < -0.4 is 11.1 Å². The normalized spacial score (nSPS) is 21.3. The minimum atomic E-state index is 0.482. The average molecular weight is 244 g/mol. The highest BCUT2D eigenvalue weighted by atomic mass is 35.5. The van der Waals surface area contributed by atoms with Gasteiger partial charge in [-0.1, -0.05) is 11.6 Å². The van der Waals surface area contributed by atoms with Crippen LogP contribution in [-0.2, 0) is 0 Å². The summed E-state index contributed by atoms with van der Waals surface area (Å²) < 4.78 is 0. The third-order valence-electron chi connectivity index (χ3n) is 2.42. The molecular formula is C10H14ClN3S. The average Bonchev–Trinajstić information content (AvgIpc) is 2.25. The maximum Gasteiger partial charge on any atom is 0.131 e. The van der Waals surface area contributed by atoms with Gasteiger partial charge in [0.1, 0.15) is 5.15 Å². The quantitative estimate of drug-likeness (QED) is 0.785. The molecule has 1 fully saturated rings. The fraction of sp³-hybridized carbons (Fsp3) is 0.500. The maximum atomic E-state index is 5.82. The van der Waals surface area contributed by atoms with Gasteiger partial charge >= 0.3 is 0 Å². The zero-order valence-electron chi connectivity index (χ0n) is 8.37. The van der Waals surface area contributed by atoms with E-state index in [9.17, 15) is 0 Å². The zero-order chi connectivity index (χ0) is 10.7. The molecule has 1 saturated heterocycles. The largest absolute Gasteiger partial charge is 0.396 e. The number of hydrogen-bond donors (Lipinski definition) is 2. The Hall–Kier alpha value is -0.610. The Bertz CT molecular complexity index is 339. The van der Waals surface area contributed by atoms with Gasteiger partial charge in [-0.05, 0) is 18.6 Å². The van der Waals surface area contributed by atoms with Gasteiger partial charge in [0.05, 0.1) is 17.6 Å². The van der Waals surface area contributed by atoms with E-state index in [-0.39, 0.29) is 0 Å². The smallest absolute Gasteiger partial charge is 0.131 e. The van der Waals surface area contributed by atoms with Crippen LogP contribution in [0.2, 0.25) is 5.15 Å². The lowest BCUT2D eigenvalue weighted by atomic mass is 10.2. The lowest BCUT2D eigenvalue weighted by Crippen LogP contribution is -2.26. The first-order chi connectivity index (χ1) is 7.25. The second-order valence-corrected chi connectivity index (χ2v) is 5.19. The lowest BCUT2D eigenvalue weighted by Gasteiger charge is -2.24. The molecule has 1 aliphatic heterocycles. The molecule has 0 saturated carbocycles. The highest BCUT2D eigenvalue weighted by Crippen LogP contribution is 2.25. The number of aromatic nitrogens is 1. The number of nitrogen functional groups attached to an aromatic ring is 1. The number of anilines is 2. The summed E-state index contributed by atoms with van der Waals surface area (Å²) in [5.74, 6) is 2.41. The van der Waals surface area contributed by atoms with Crippen LogP contribution in [-0.4, -0.2) is 22.5 Å². The van der Waals surface area contributed by atoms with E-state index in [0.29, 0.717) is 16.9 Å². The highest BCUT2D eigenvalue weighted by molar-refractivity contribution is 7.99. The van der Waals surface area contributed by atoms with E-state index in [2.05, 4.69) is 10.3 Å². The summed E-state index contributed by atoms with van der Waals surface area (Å²) in [4.78, 5) is 3.93. The molecule has 0 aliphatic carbocycles. The van der Waals surface area contributed by atoms with Gasteiger partial charge in [0.15, 0.2) is 0 Å². The van der Waals surface area contributed by atoms with Crippen molar-refractivity contribution in [1.82, 2.24) is 4.98 Å². The number of nitrogens with one attached hydrogen (secondary N) is 1. The molecule has 0 spiro atoms. The van der Waals surface area contributed by atoms with Crippen LogP contribution in [0.15, 0.2) is 12.3 Å². The summed E-state index contributed by atoms with van der Waals surface area (Å²) in [5, 5.41) is 3.90. The molecule has 2 rings (SSSR count). The molecule has 82 valence electrons. The third-order valence-corrected chi connectivity index (χ3v) is 3.84. The molecule has 1 aromatic heterocycles. The first kappa shape index (κ1) is 10.9. The molecule has 0 amide bonds. The van der Waals surface area contributed by atoms with E-state index in [4.69, 9.17) is 17.3 Å². The predicted molar refractivity (Wildman–Crippen MR) is 67.6 cm³/mol. The molecule has 3 N–H and O–H groups in total. The lowest BCUT2D eigenvalue weighted by molar-refractivity contribution is 0.685. The van der Waals surface area contributed by atoms with E-state index in [1.54, 1.807) is 12.3 Å². The van der Waals surface area contributed by atoms with Crippen molar-refractivity contribution in [1.29, 1.82) is 0 Å². The first-order valence-electron chi connectivity index (χ1n) is 5.01. The van der Waals surface area contributed by atoms with Crippen molar-refractivity contribution in [3.63, 3.8) is 0 Å². The Morgan fingerprint density at radius 1 is 1.60 bits per heavy atom. The van der Waals surface area contributed by atoms with E-state index in [0.717, 1.165) is 11.4 Å². The van der Waals surface area contributed by atoms with Gasteiger partial charge in [0, 0.05) is 17.9 Å². The molecule has 15 heavy (non-hydrogen) atoms.